The van der Waals surface area contributed by atoms with Gasteiger partial charge in [-0.2, -0.15) is 0 Å². The summed E-state index contributed by atoms with van der Waals surface area (Å²) in [6, 6.07) is 3.97. The average molecular weight is 543 g/mol. The second-order valence-electron chi connectivity index (χ2n) is 8.16. The second kappa shape index (κ2) is 14.5. The molecule has 8 heteroatoms. The Morgan fingerprint density at radius 1 is 1.23 bits per heavy atom. The van der Waals surface area contributed by atoms with Gasteiger partial charge in [-0.1, -0.05) is 12.5 Å². The summed E-state index contributed by atoms with van der Waals surface area (Å²) < 4.78 is 6.13. The van der Waals surface area contributed by atoms with Gasteiger partial charge in [-0.15, -0.1) is 24.0 Å². The lowest BCUT2D eigenvalue weighted by molar-refractivity contribution is -0.130. The van der Waals surface area contributed by atoms with Crippen molar-refractivity contribution < 1.29 is 9.53 Å². The number of hydrogen-bond acceptors (Lipinski definition) is 4. The maximum Gasteiger partial charge on any atom is 0.222 e. The molecule has 1 saturated heterocycles. The van der Waals surface area contributed by atoms with Gasteiger partial charge in [-0.25, -0.2) is 9.98 Å². The van der Waals surface area contributed by atoms with Crippen LogP contribution in [-0.4, -0.2) is 54.0 Å². The van der Waals surface area contributed by atoms with Crippen LogP contribution < -0.4 is 15.4 Å². The van der Waals surface area contributed by atoms with Gasteiger partial charge in [0.1, 0.15) is 6.10 Å². The molecule has 2 fully saturated rings. The molecule has 31 heavy (non-hydrogen) atoms. The zero-order valence-corrected chi connectivity index (χ0v) is 21.1. The molecule has 1 aliphatic heterocycles. The van der Waals surface area contributed by atoms with Crippen LogP contribution in [0.2, 0.25) is 0 Å². The molecule has 1 aliphatic carbocycles. The van der Waals surface area contributed by atoms with Gasteiger partial charge in [-0.3, -0.25) is 4.79 Å². The number of likely N-dealkylation sites (tertiary alicyclic amines) is 1. The summed E-state index contributed by atoms with van der Waals surface area (Å²) in [4.78, 5) is 23.3. The predicted molar refractivity (Wildman–Crippen MR) is 135 cm³/mol. The van der Waals surface area contributed by atoms with Crippen molar-refractivity contribution in [2.75, 3.05) is 26.2 Å². The molecule has 0 aromatic carbocycles. The van der Waals surface area contributed by atoms with Crippen molar-refractivity contribution >= 4 is 35.8 Å². The Morgan fingerprint density at radius 3 is 2.87 bits per heavy atom. The Kier molecular flexibility index (Phi) is 12.0. The number of nitrogens with one attached hydrogen (secondary N) is 2. The van der Waals surface area contributed by atoms with E-state index in [9.17, 15) is 4.79 Å². The number of halogens is 1. The molecular formula is C23H38IN5O2. The van der Waals surface area contributed by atoms with Gasteiger partial charge in [-0.05, 0) is 57.9 Å². The number of rotatable bonds is 9. The summed E-state index contributed by atoms with van der Waals surface area (Å²) in [6.45, 7) is 5.88. The van der Waals surface area contributed by atoms with E-state index in [4.69, 9.17) is 9.73 Å². The molecule has 1 saturated carbocycles. The maximum atomic E-state index is 12.1. The number of nitrogens with zero attached hydrogens (tertiary/aromatic N) is 3. The molecule has 3 rings (SSSR count). The van der Waals surface area contributed by atoms with E-state index in [1.54, 1.807) is 6.20 Å². The van der Waals surface area contributed by atoms with Crippen molar-refractivity contribution in [3.05, 3.63) is 23.9 Å². The number of ether oxygens (including phenoxy) is 1. The SMILES string of the molecule is CCNC(=NCc1cccnc1OC1CCCC1)NCCCN1CCCCCC1=O.I. The van der Waals surface area contributed by atoms with Crippen LogP contribution in [0.25, 0.3) is 0 Å². The first-order chi connectivity index (χ1) is 14.8. The molecule has 0 atom stereocenters. The predicted octanol–water partition coefficient (Wildman–Crippen LogP) is 3.87. The first-order valence-electron chi connectivity index (χ1n) is 11.7. The van der Waals surface area contributed by atoms with Crippen LogP contribution in [0.1, 0.15) is 70.3 Å². The molecule has 2 heterocycles. The van der Waals surface area contributed by atoms with Crippen LogP contribution in [0.15, 0.2) is 23.3 Å². The first kappa shape index (κ1) is 25.7. The van der Waals surface area contributed by atoms with Crippen LogP contribution in [0.5, 0.6) is 5.88 Å². The number of carbonyl (C=O) groups is 1. The van der Waals surface area contributed by atoms with Gasteiger partial charge < -0.3 is 20.3 Å². The van der Waals surface area contributed by atoms with Crippen LogP contribution in [0.4, 0.5) is 0 Å². The largest absolute Gasteiger partial charge is 0.474 e. The third-order valence-corrected chi connectivity index (χ3v) is 5.75. The van der Waals surface area contributed by atoms with E-state index in [1.807, 2.05) is 17.0 Å². The Bertz CT molecular complexity index is 694. The third kappa shape index (κ3) is 8.82. The van der Waals surface area contributed by atoms with E-state index in [1.165, 1.54) is 19.3 Å². The fraction of sp³-hybridized carbons (Fsp3) is 0.696. The van der Waals surface area contributed by atoms with Crippen molar-refractivity contribution in [2.45, 2.75) is 77.4 Å². The van der Waals surface area contributed by atoms with E-state index in [-0.39, 0.29) is 30.1 Å². The molecule has 1 aromatic rings. The fourth-order valence-electron chi connectivity index (χ4n) is 4.07. The molecule has 1 amide bonds. The standard InChI is InChI=1S/C23H37N5O2.HI/c1-2-24-23(26-15-9-17-28-16-7-3-4-13-21(28)29)27-18-19-10-8-14-25-22(19)30-20-11-5-6-12-20;/h8,10,14,20H,2-7,9,11-13,15-18H2,1H3,(H2,24,26,27);1H. The van der Waals surface area contributed by atoms with Crippen LogP contribution in [0, 0.1) is 0 Å². The van der Waals surface area contributed by atoms with E-state index in [2.05, 4.69) is 22.5 Å². The number of aromatic nitrogens is 1. The smallest absolute Gasteiger partial charge is 0.222 e. The molecule has 174 valence electrons. The van der Waals surface area contributed by atoms with Gasteiger partial charge in [0.25, 0.3) is 0 Å². The third-order valence-electron chi connectivity index (χ3n) is 5.75. The van der Waals surface area contributed by atoms with Gasteiger partial charge in [0.15, 0.2) is 5.96 Å². The van der Waals surface area contributed by atoms with E-state index in [0.29, 0.717) is 24.8 Å². The van der Waals surface area contributed by atoms with Crippen LogP contribution in [0.3, 0.4) is 0 Å². The topological polar surface area (TPSA) is 78.9 Å². The Hall–Kier alpha value is -1.58. The number of pyridine rings is 1. The van der Waals surface area contributed by atoms with E-state index in [0.717, 1.165) is 69.8 Å². The molecule has 0 bridgehead atoms. The van der Waals surface area contributed by atoms with Crippen molar-refractivity contribution in [1.29, 1.82) is 0 Å². The number of amides is 1. The Morgan fingerprint density at radius 2 is 2.06 bits per heavy atom. The summed E-state index contributed by atoms with van der Waals surface area (Å²) in [5.41, 5.74) is 1.01. The summed E-state index contributed by atoms with van der Waals surface area (Å²) >= 11 is 0. The number of carbonyl (C=O) groups excluding carboxylic acids is 1. The lowest BCUT2D eigenvalue weighted by atomic mass is 10.2. The highest BCUT2D eigenvalue weighted by atomic mass is 127. The molecule has 2 N–H and O–H groups in total. The fourth-order valence-corrected chi connectivity index (χ4v) is 4.07. The van der Waals surface area contributed by atoms with Crippen molar-refractivity contribution in [3.63, 3.8) is 0 Å². The minimum atomic E-state index is 0. The summed E-state index contributed by atoms with van der Waals surface area (Å²) in [5.74, 6) is 1.80. The quantitative estimate of drug-likeness (QED) is 0.214. The number of guanidine groups is 1. The number of hydrogen-bond donors (Lipinski definition) is 2. The molecule has 0 unspecified atom stereocenters. The summed E-state index contributed by atoms with van der Waals surface area (Å²) in [7, 11) is 0. The Labute approximate surface area is 203 Å². The molecule has 7 nitrogen and oxygen atoms in total. The highest BCUT2D eigenvalue weighted by Gasteiger charge is 2.18. The normalized spacial score (nSPS) is 17.8. The molecule has 0 spiro atoms. The number of aliphatic imine (C=N–C) groups is 1. The zero-order valence-electron chi connectivity index (χ0n) is 18.8. The van der Waals surface area contributed by atoms with Crippen molar-refractivity contribution in [2.24, 2.45) is 4.99 Å². The molecule has 2 aliphatic rings. The van der Waals surface area contributed by atoms with Gasteiger partial charge >= 0.3 is 0 Å². The van der Waals surface area contributed by atoms with E-state index >= 15 is 0 Å². The average Bonchev–Trinajstić information content (AvgIpc) is 3.18. The molecule has 1 aromatic heterocycles. The lowest BCUT2D eigenvalue weighted by Crippen LogP contribution is -2.39. The van der Waals surface area contributed by atoms with Crippen LogP contribution >= 0.6 is 24.0 Å². The second-order valence-corrected chi connectivity index (χ2v) is 8.16. The highest BCUT2D eigenvalue weighted by molar-refractivity contribution is 14.0. The molecule has 0 radical (unpaired) electrons. The highest BCUT2D eigenvalue weighted by Crippen LogP contribution is 2.25. The molecular weight excluding hydrogens is 505 g/mol. The minimum absolute atomic E-state index is 0. The minimum Gasteiger partial charge on any atom is -0.474 e. The van der Waals surface area contributed by atoms with E-state index < -0.39 is 0 Å². The van der Waals surface area contributed by atoms with Gasteiger partial charge in [0.05, 0.1) is 6.54 Å². The monoisotopic (exact) mass is 543 g/mol. The van der Waals surface area contributed by atoms with Gasteiger partial charge in [0.2, 0.25) is 11.8 Å². The first-order valence-corrected chi connectivity index (χ1v) is 11.7. The van der Waals surface area contributed by atoms with Crippen molar-refractivity contribution in [1.82, 2.24) is 20.5 Å². The summed E-state index contributed by atoms with van der Waals surface area (Å²) in [6.07, 6.45) is 11.7. The van der Waals surface area contributed by atoms with Crippen molar-refractivity contribution in [3.8, 4) is 5.88 Å². The Balaban J connectivity index is 0.00000341. The van der Waals surface area contributed by atoms with Gasteiger partial charge in [0, 0.05) is 44.4 Å². The zero-order chi connectivity index (χ0) is 21.0. The lowest BCUT2D eigenvalue weighted by Gasteiger charge is -2.20. The maximum absolute atomic E-state index is 12.1. The van der Waals surface area contributed by atoms with Crippen LogP contribution in [-0.2, 0) is 11.3 Å². The summed E-state index contributed by atoms with van der Waals surface area (Å²) in [5, 5.41) is 6.69.